The predicted molar refractivity (Wildman–Crippen MR) is 72.5 cm³/mol. The first-order valence-electron chi connectivity index (χ1n) is 6.80. The van der Waals surface area contributed by atoms with Crippen molar-refractivity contribution in [1.82, 2.24) is 0 Å². The Kier molecular flexibility index (Phi) is 4.61. The number of aliphatic hydroxyl groups excluding tert-OH is 1. The molecule has 0 aliphatic heterocycles. The summed E-state index contributed by atoms with van der Waals surface area (Å²) in [6, 6.07) is 9.88. The van der Waals surface area contributed by atoms with Gasteiger partial charge < -0.3 is 15.6 Å². The van der Waals surface area contributed by atoms with Crippen molar-refractivity contribution >= 4 is 0 Å². The molecular weight excluding hydrogens is 226 g/mol. The van der Waals surface area contributed by atoms with E-state index in [-0.39, 0.29) is 11.5 Å². The van der Waals surface area contributed by atoms with Gasteiger partial charge in [0.25, 0.3) is 0 Å². The molecule has 2 rings (SSSR count). The van der Waals surface area contributed by atoms with Gasteiger partial charge in [0, 0.05) is 0 Å². The maximum Gasteiger partial charge on any atom is 0.119 e. The van der Waals surface area contributed by atoms with Gasteiger partial charge in [0.1, 0.15) is 5.75 Å². The zero-order chi connectivity index (χ0) is 12.8. The Morgan fingerprint density at radius 3 is 2.50 bits per heavy atom. The molecule has 3 nitrogen and oxygen atoms in total. The molecule has 3 heteroatoms. The molecule has 1 fully saturated rings. The van der Waals surface area contributed by atoms with E-state index in [0.29, 0.717) is 13.2 Å². The van der Waals surface area contributed by atoms with E-state index in [1.807, 2.05) is 30.3 Å². The fourth-order valence-electron chi connectivity index (χ4n) is 2.67. The van der Waals surface area contributed by atoms with Crippen LogP contribution in [0.3, 0.4) is 0 Å². The molecule has 0 spiro atoms. The number of hydrogen-bond donors (Lipinski definition) is 2. The molecule has 1 aromatic carbocycles. The van der Waals surface area contributed by atoms with E-state index in [1.54, 1.807) is 0 Å². The number of rotatable bonds is 5. The third-order valence-corrected chi connectivity index (χ3v) is 4.09. The first-order chi connectivity index (χ1) is 8.74. The van der Waals surface area contributed by atoms with Crippen molar-refractivity contribution in [1.29, 1.82) is 0 Å². The van der Waals surface area contributed by atoms with Gasteiger partial charge in [-0.2, -0.15) is 0 Å². The van der Waals surface area contributed by atoms with Crippen molar-refractivity contribution in [2.45, 2.75) is 38.2 Å². The second-order valence-corrected chi connectivity index (χ2v) is 5.35. The summed E-state index contributed by atoms with van der Waals surface area (Å²) in [5.41, 5.74) is 6.10. The highest BCUT2D eigenvalue weighted by molar-refractivity contribution is 5.20. The summed E-state index contributed by atoms with van der Waals surface area (Å²) in [6.45, 7) is 1.40. The van der Waals surface area contributed by atoms with Crippen molar-refractivity contribution < 1.29 is 9.84 Å². The Morgan fingerprint density at radius 2 is 1.89 bits per heavy atom. The monoisotopic (exact) mass is 249 g/mol. The van der Waals surface area contributed by atoms with Crippen LogP contribution in [0, 0.1) is 5.41 Å². The number of para-hydroxylation sites is 1. The Balaban J connectivity index is 1.81. The Bertz CT molecular complexity index is 345. The van der Waals surface area contributed by atoms with Crippen LogP contribution in [0.4, 0.5) is 0 Å². The quantitative estimate of drug-likeness (QED) is 0.842. The lowest BCUT2D eigenvalue weighted by Crippen LogP contribution is -2.37. The largest absolute Gasteiger partial charge is 0.494 e. The molecule has 100 valence electrons. The molecule has 0 saturated heterocycles. The second kappa shape index (κ2) is 6.21. The van der Waals surface area contributed by atoms with Gasteiger partial charge >= 0.3 is 0 Å². The third kappa shape index (κ3) is 3.47. The molecule has 0 unspecified atom stereocenters. The van der Waals surface area contributed by atoms with Crippen LogP contribution in [0.5, 0.6) is 5.75 Å². The van der Waals surface area contributed by atoms with Crippen LogP contribution in [0.1, 0.15) is 32.1 Å². The van der Waals surface area contributed by atoms with Crippen molar-refractivity contribution in [2.75, 3.05) is 13.2 Å². The first kappa shape index (κ1) is 13.4. The lowest BCUT2D eigenvalue weighted by atomic mass is 9.71. The molecule has 0 radical (unpaired) electrons. The zero-order valence-electron chi connectivity index (χ0n) is 10.8. The molecule has 1 aromatic rings. The fraction of sp³-hybridized carbons (Fsp3) is 0.600. The Hall–Kier alpha value is -1.06. The zero-order valence-corrected chi connectivity index (χ0v) is 10.8. The molecule has 0 bridgehead atoms. The van der Waals surface area contributed by atoms with E-state index in [0.717, 1.165) is 37.9 Å². The second-order valence-electron chi connectivity index (χ2n) is 5.35. The maximum absolute atomic E-state index is 9.57. The van der Waals surface area contributed by atoms with Crippen molar-refractivity contribution in [3.63, 3.8) is 0 Å². The maximum atomic E-state index is 9.57. The van der Waals surface area contributed by atoms with E-state index in [1.165, 1.54) is 0 Å². The highest BCUT2D eigenvalue weighted by Crippen LogP contribution is 2.38. The van der Waals surface area contributed by atoms with Crippen molar-refractivity contribution in [2.24, 2.45) is 11.1 Å². The van der Waals surface area contributed by atoms with Gasteiger partial charge in [-0.15, -0.1) is 0 Å². The number of hydrogen-bond acceptors (Lipinski definition) is 3. The SMILES string of the molecule is NCC1(CCOc2ccccc2)CCC(O)CC1. The van der Waals surface area contributed by atoms with E-state index in [2.05, 4.69) is 0 Å². The van der Waals surface area contributed by atoms with E-state index < -0.39 is 0 Å². The summed E-state index contributed by atoms with van der Waals surface area (Å²) in [7, 11) is 0. The van der Waals surface area contributed by atoms with Crippen molar-refractivity contribution in [3.05, 3.63) is 30.3 Å². The first-order valence-corrected chi connectivity index (χ1v) is 6.80. The van der Waals surface area contributed by atoms with Gasteiger partial charge in [-0.05, 0) is 56.2 Å². The lowest BCUT2D eigenvalue weighted by molar-refractivity contribution is 0.0534. The molecule has 1 aliphatic rings. The van der Waals surface area contributed by atoms with Gasteiger partial charge in [0.2, 0.25) is 0 Å². The summed E-state index contributed by atoms with van der Waals surface area (Å²) < 4.78 is 5.74. The van der Waals surface area contributed by atoms with Gasteiger partial charge in [-0.25, -0.2) is 0 Å². The fourth-order valence-corrected chi connectivity index (χ4v) is 2.67. The summed E-state index contributed by atoms with van der Waals surface area (Å²) in [4.78, 5) is 0. The van der Waals surface area contributed by atoms with Crippen LogP contribution in [0.25, 0.3) is 0 Å². The number of nitrogens with two attached hydrogens (primary N) is 1. The van der Waals surface area contributed by atoms with Crippen molar-refractivity contribution in [3.8, 4) is 5.75 Å². The standard InChI is InChI=1S/C15H23NO2/c16-12-15(8-6-13(17)7-9-15)10-11-18-14-4-2-1-3-5-14/h1-5,13,17H,6-12,16H2. The van der Waals surface area contributed by atoms with Gasteiger partial charge in [0.15, 0.2) is 0 Å². The molecular formula is C15H23NO2. The summed E-state index contributed by atoms with van der Waals surface area (Å²) >= 11 is 0. The molecule has 0 aromatic heterocycles. The van der Waals surface area contributed by atoms with Gasteiger partial charge in [-0.3, -0.25) is 0 Å². The smallest absolute Gasteiger partial charge is 0.119 e. The molecule has 1 aliphatic carbocycles. The van der Waals surface area contributed by atoms with Crippen LogP contribution in [-0.4, -0.2) is 24.4 Å². The molecule has 18 heavy (non-hydrogen) atoms. The topological polar surface area (TPSA) is 55.5 Å². The Morgan fingerprint density at radius 1 is 1.22 bits per heavy atom. The minimum atomic E-state index is -0.125. The molecule has 3 N–H and O–H groups in total. The van der Waals surface area contributed by atoms with E-state index in [4.69, 9.17) is 10.5 Å². The Labute approximate surface area is 109 Å². The normalized spacial score (nSPS) is 28.0. The minimum Gasteiger partial charge on any atom is -0.494 e. The molecule has 1 saturated carbocycles. The van der Waals surface area contributed by atoms with Gasteiger partial charge in [-0.1, -0.05) is 18.2 Å². The summed E-state index contributed by atoms with van der Waals surface area (Å²) in [5, 5.41) is 9.57. The van der Waals surface area contributed by atoms with Crippen LogP contribution in [0.2, 0.25) is 0 Å². The van der Waals surface area contributed by atoms with E-state index >= 15 is 0 Å². The summed E-state index contributed by atoms with van der Waals surface area (Å²) in [6.07, 6.45) is 4.64. The number of benzene rings is 1. The molecule has 0 atom stereocenters. The molecule has 0 heterocycles. The van der Waals surface area contributed by atoms with Crippen LogP contribution in [0.15, 0.2) is 30.3 Å². The number of ether oxygens (including phenoxy) is 1. The molecule has 0 amide bonds. The lowest BCUT2D eigenvalue weighted by Gasteiger charge is -2.38. The van der Waals surface area contributed by atoms with Gasteiger partial charge in [0.05, 0.1) is 12.7 Å². The average Bonchev–Trinajstić information content (AvgIpc) is 2.43. The predicted octanol–water partition coefficient (Wildman–Crippen LogP) is 2.34. The van der Waals surface area contributed by atoms with Crippen LogP contribution < -0.4 is 10.5 Å². The minimum absolute atomic E-state index is 0.125. The average molecular weight is 249 g/mol. The third-order valence-electron chi connectivity index (χ3n) is 4.09. The van der Waals surface area contributed by atoms with E-state index in [9.17, 15) is 5.11 Å². The highest BCUT2D eigenvalue weighted by Gasteiger charge is 2.33. The highest BCUT2D eigenvalue weighted by atomic mass is 16.5. The van der Waals surface area contributed by atoms with Crippen LogP contribution in [-0.2, 0) is 0 Å². The van der Waals surface area contributed by atoms with Crippen LogP contribution >= 0.6 is 0 Å². The number of aliphatic hydroxyl groups is 1. The summed E-state index contributed by atoms with van der Waals surface area (Å²) in [5.74, 6) is 0.917.